The van der Waals surface area contributed by atoms with Gasteiger partial charge in [-0.15, -0.1) is 0 Å². The highest BCUT2D eigenvalue weighted by molar-refractivity contribution is 6.31. The van der Waals surface area contributed by atoms with Gasteiger partial charge in [0.25, 0.3) is 0 Å². The largest absolute Gasteiger partial charge is 0.481 e. The first-order valence-electron chi connectivity index (χ1n) is 6.92. The monoisotopic (exact) mass is 298 g/mol. The number of halogens is 2. The molecule has 0 atom stereocenters. The van der Waals surface area contributed by atoms with Crippen LogP contribution in [0, 0.1) is 16.6 Å². The maximum atomic E-state index is 13.3. The van der Waals surface area contributed by atoms with E-state index in [4.69, 9.17) is 11.6 Å². The molecule has 0 aliphatic heterocycles. The lowest BCUT2D eigenvalue weighted by atomic mass is 9.63. The summed E-state index contributed by atoms with van der Waals surface area (Å²) in [4.78, 5) is 11.8. The maximum Gasteiger partial charge on any atom is 0.309 e. The Hall–Kier alpha value is -1.09. The summed E-state index contributed by atoms with van der Waals surface area (Å²) < 4.78 is 13.3. The normalized spacial score (nSPS) is 20.6. The highest BCUT2D eigenvalue weighted by atomic mass is 35.5. The topological polar surface area (TPSA) is 37.3 Å². The van der Waals surface area contributed by atoms with Gasteiger partial charge in [0.1, 0.15) is 5.82 Å². The first kappa shape index (κ1) is 15.3. The second kappa shape index (κ2) is 5.36. The van der Waals surface area contributed by atoms with Crippen molar-refractivity contribution in [3.63, 3.8) is 0 Å². The molecule has 4 heteroatoms. The van der Waals surface area contributed by atoms with Gasteiger partial charge in [-0.2, -0.15) is 0 Å². The van der Waals surface area contributed by atoms with Crippen LogP contribution < -0.4 is 0 Å². The van der Waals surface area contributed by atoms with Gasteiger partial charge in [-0.05, 0) is 61.3 Å². The van der Waals surface area contributed by atoms with Crippen LogP contribution in [-0.2, 0) is 11.2 Å². The molecule has 110 valence electrons. The minimum atomic E-state index is -0.813. The fourth-order valence-corrected chi connectivity index (χ4v) is 3.10. The Kier molecular flexibility index (Phi) is 4.10. The number of benzene rings is 1. The van der Waals surface area contributed by atoms with Crippen LogP contribution in [0.4, 0.5) is 4.39 Å². The summed E-state index contributed by atoms with van der Waals surface area (Å²) in [5.74, 6) is -1.17. The summed E-state index contributed by atoms with van der Waals surface area (Å²) in [5.41, 5.74) is -0.0359. The molecule has 2 nitrogen and oxygen atoms in total. The number of aliphatic carboxylic acids is 1. The van der Waals surface area contributed by atoms with E-state index in [0.29, 0.717) is 29.8 Å². The zero-order valence-corrected chi connectivity index (χ0v) is 12.6. The molecule has 1 aromatic carbocycles. The molecule has 2 rings (SSSR count). The summed E-state index contributed by atoms with van der Waals surface area (Å²) >= 11 is 6.08. The van der Waals surface area contributed by atoms with Gasteiger partial charge in [0.2, 0.25) is 0 Å². The van der Waals surface area contributed by atoms with Crippen LogP contribution in [0.5, 0.6) is 0 Å². The molecule has 1 aliphatic carbocycles. The third kappa shape index (κ3) is 3.14. The van der Waals surface area contributed by atoms with E-state index < -0.39 is 11.4 Å². The van der Waals surface area contributed by atoms with Crippen molar-refractivity contribution in [2.75, 3.05) is 0 Å². The smallest absolute Gasteiger partial charge is 0.309 e. The molecule has 1 saturated carbocycles. The van der Waals surface area contributed by atoms with Gasteiger partial charge < -0.3 is 5.11 Å². The standard InChI is InChI=1S/C16H20ClFO2/c1-15(2)5-7-16(8-6-15,14(19)20)10-11-9-12(18)3-4-13(11)17/h3-4,9H,5-8,10H2,1-2H3,(H,19,20). The number of carboxylic acids is 1. The van der Waals surface area contributed by atoms with Gasteiger partial charge in [-0.3, -0.25) is 4.79 Å². The molecule has 20 heavy (non-hydrogen) atoms. The van der Waals surface area contributed by atoms with Gasteiger partial charge in [0.05, 0.1) is 5.41 Å². The second-order valence-electron chi connectivity index (χ2n) is 6.66. The van der Waals surface area contributed by atoms with Gasteiger partial charge in [-0.25, -0.2) is 4.39 Å². The Morgan fingerprint density at radius 1 is 1.30 bits per heavy atom. The van der Waals surface area contributed by atoms with E-state index in [-0.39, 0.29) is 11.2 Å². The van der Waals surface area contributed by atoms with Crippen molar-refractivity contribution in [2.24, 2.45) is 10.8 Å². The molecule has 0 aromatic heterocycles. The van der Waals surface area contributed by atoms with E-state index in [1.54, 1.807) is 0 Å². The van der Waals surface area contributed by atoms with Crippen molar-refractivity contribution in [1.29, 1.82) is 0 Å². The SMILES string of the molecule is CC1(C)CCC(Cc2cc(F)ccc2Cl)(C(=O)O)CC1. The number of carboxylic acid groups (broad SMARTS) is 1. The molecule has 0 amide bonds. The van der Waals surface area contributed by atoms with Crippen LogP contribution in [0.15, 0.2) is 18.2 Å². The van der Waals surface area contributed by atoms with Crippen molar-refractivity contribution in [3.8, 4) is 0 Å². The van der Waals surface area contributed by atoms with Crippen LogP contribution >= 0.6 is 11.6 Å². The van der Waals surface area contributed by atoms with Crippen LogP contribution in [0.25, 0.3) is 0 Å². The third-order valence-electron chi connectivity index (χ3n) is 4.55. The molecule has 0 unspecified atom stereocenters. The Bertz CT molecular complexity index is 515. The Morgan fingerprint density at radius 3 is 2.45 bits per heavy atom. The van der Waals surface area contributed by atoms with E-state index in [9.17, 15) is 14.3 Å². The predicted molar refractivity (Wildman–Crippen MR) is 77.4 cm³/mol. The summed E-state index contributed by atoms with van der Waals surface area (Å²) in [7, 11) is 0. The molecule has 1 aliphatic rings. The highest BCUT2D eigenvalue weighted by Gasteiger charge is 2.44. The second-order valence-corrected chi connectivity index (χ2v) is 7.07. The average Bonchev–Trinajstić information content (AvgIpc) is 2.36. The van der Waals surface area contributed by atoms with E-state index in [1.807, 2.05) is 0 Å². The minimum Gasteiger partial charge on any atom is -0.481 e. The van der Waals surface area contributed by atoms with Gasteiger partial charge in [0.15, 0.2) is 0 Å². The van der Waals surface area contributed by atoms with Crippen LogP contribution in [0.3, 0.4) is 0 Å². The number of rotatable bonds is 3. The fourth-order valence-electron chi connectivity index (χ4n) is 2.91. The molecule has 0 heterocycles. The quantitative estimate of drug-likeness (QED) is 0.878. The molecule has 1 N–H and O–H groups in total. The average molecular weight is 299 g/mol. The van der Waals surface area contributed by atoms with E-state index >= 15 is 0 Å². The Labute approximate surface area is 123 Å². The van der Waals surface area contributed by atoms with Crippen molar-refractivity contribution in [1.82, 2.24) is 0 Å². The molecule has 0 radical (unpaired) electrons. The maximum absolute atomic E-state index is 13.3. The van der Waals surface area contributed by atoms with E-state index in [0.717, 1.165) is 12.8 Å². The zero-order chi connectivity index (χ0) is 15.0. The molecule has 0 spiro atoms. The van der Waals surface area contributed by atoms with Gasteiger partial charge >= 0.3 is 5.97 Å². The van der Waals surface area contributed by atoms with Crippen molar-refractivity contribution < 1.29 is 14.3 Å². The highest BCUT2D eigenvalue weighted by Crippen LogP contribution is 2.47. The van der Waals surface area contributed by atoms with Gasteiger partial charge in [-0.1, -0.05) is 25.4 Å². The Balaban J connectivity index is 2.27. The summed E-state index contributed by atoms with van der Waals surface area (Å²) in [6.07, 6.45) is 3.26. The number of hydrogen-bond donors (Lipinski definition) is 1. The van der Waals surface area contributed by atoms with Crippen LogP contribution in [-0.4, -0.2) is 11.1 Å². The summed E-state index contributed by atoms with van der Waals surface area (Å²) in [6.45, 7) is 4.32. The Morgan fingerprint density at radius 2 is 1.90 bits per heavy atom. The van der Waals surface area contributed by atoms with Crippen LogP contribution in [0.1, 0.15) is 45.1 Å². The zero-order valence-electron chi connectivity index (χ0n) is 11.9. The van der Waals surface area contributed by atoms with Crippen molar-refractivity contribution in [3.05, 3.63) is 34.6 Å². The molecule has 0 bridgehead atoms. The van der Waals surface area contributed by atoms with Crippen molar-refractivity contribution >= 4 is 17.6 Å². The predicted octanol–water partition coefficient (Wildman–Crippen LogP) is 4.69. The molecular weight excluding hydrogens is 279 g/mol. The van der Waals surface area contributed by atoms with Gasteiger partial charge in [0, 0.05) is 5.02 Å². The number of carbonyl (C=O) groups is 1. The molecule has 0 saturated heterocycles. The van der Waals surface area contributed by atoms with E-state index in [2.05, 4.69) is 13.8 Å². The fraction of sp³-hybridized carbons (Fsp3) is 0.562. The lowest BCUT2D eigenvalue weighted by Gasteiger charge is -2.41. The van der Waals surface area contributed by atoms with Crippen LogP contribution in [0.2, 0.25) is 5.02 Å². The minimum absolute atomic E-state index is 0.185. The first-order valence-corrected chi connectivity index (χ1v) is 7.29. The van der Waals surface area contributed by atoms with E-state index in [1.165, 1.54) is 18.2 Å². The number of hydrogen-bond acceptors (Lipinski definition) is 1. The molecular formula is C16H20ClFO2. The molecule has 1 aromatic rings. The first-order chi connectivity index (χ1) is 9.24. The lowest BCUT2D eigenvalue weighted by molar-refractivity contribution is -0.152. The summed E-state index contributed by atoms with van der Waals surface area (Å²) in [6, 6.07) is 4.14. The molecule has 1 fully saturated rings. The lowest BCUT2D eigenvalue weighted by Crippen LogP contribution is -2.39. The van der Waals surface area contributed by atoms with Crippen molar-refractivity contribution in [2.45, 2.75) is 46.0 Å². The third-order valence-corrected chi connectivity index (χ3v) is 4.92. The summed E-state index contributed by atoms with van der Waals surface area (Å²) in [5, 5.41) is 10.1.